The number of fused-ring (bicyclic) bond motifs is 6. The number of rotatable bonds is 1. The van der Waals surface area contributed by atoms with E-state index < -0.39 is 0 Å². The first kappa shape index (κ1) is 16.5. The quantitative estimate of drug-likeness (QED) is 0.205. The zero-order valence-electron chi connectivity index (χ0n) is 15.6. The van der Waals surface area contributed by atoms with Crippen molar-refractivity contribution in [2.75, 3.05) is 0 Å². The summed E-state index contributed by atoms with van der Waals surface area (Å²) in [6.45, 7) is 0. The lowest BCUT2D eigenvalue weighted by molar-refractivity contribution is 1.53. The number of pyridine rings is 1. The number of aromatic nitrogens is 1. The van der Waals surface area contributed by atoms with E-state index in [0.717, 1.165) is 48.7 Å². The summed E-state index contributed by atoms with van der Waals surface area (Å²) in [6, 6.07) is 33.6. The van der Waals surface area contributed by atoms with Crippen LogP contribution in [0.3, 0.4) is 0 Å². The molecular weight excluding hydrogens is 374 g/mol. The Kier molecular flexibility index (Phi) is 3.59. The average molecular weight is 390 g/mol. The lowest BCUT2D eigenvalue weighted by Gasteiger charge is -2.15. The van der Waals surface area contributed by atoms with Gasteiger partial charge in [0.25, 0.3) is 0 Å². The van der Waals surface area contributed by atoms with Gasteiger partial charge in [0.1, 0.15) is 0 Å². The third kappa shape index (κ3) is 2.45. The third-order valence-electron chi connectivity index (χ3n) is 5.71. The molecule has 0 bridgehead atoms. The van der Waals surface area contributed by atoms with Crippen LogP contribution in [0.2, 0.25) is 5.02 Å². The molecule has 0 unspecified atom stereocenters. The van der Waals surface area contributed by atoms with Crippen LogP contribution in [0.4, 0.5) is 0 Å². The highest BCUT2D eigenvalue weighted by Crippen LogP contribution is 2.41. The van der Waals surface area contributed by atoms with Gasteiger partial charge in [0, 0.05) is 37.7 Å². The topological polar surface area (TPSA) is 12.9 Å². The van der Waals surface area contributed by atoms with Crippen LogP contribution in [0.25, 0.3) is 54.5 Å². The van der Waals surface area contributed by atoms with Gasteiger partial charge in [-0.1, -0.05) is 103 Å². The molecule has 1 aromatic heterocycles. The second kappa shape index (κ2) is 6.30. The highest BCUT2D eigenvalue weighted by molar-refractivity contribution is 6.35. The van der Waals surface area contributed by atoms with Gasteiger partial charge in [0.2, 0.25) is 0 Å². The highest BCUT2D eigenvalue weighted by Gasteiger charge is 2.16. The van der Waals surface area contributed by atoms with Gasteiger partial charge >= 0.3 is 0 Å². The normalized spacial score (nSPS) is 11.6. The monoisotopic (exact) mass is 389 g/mol. The van der Waals surface area contributed by atoms with Crippen molar-refractivity contribution < 1.29 is 0 Å². The van der Waals surface area contributed by atoms with Crippen LogP contribution in [0.15, 0.2) is 97.1 Å². The fourth-order valence-electron chi connectivity index (χ4n) is 4.37. The summed E-state index contributed by atoms with van der Waals surface area (Å²) >= 11 is 6.68. The Bertz CT molecular complexity index is 1470. The van der Waals surface area contributed by atoms with Gasteiger partial charge in [0.15, 0.2) is 0 Å². The Morgan fingerprint density at radius 3 is 1.59 bits per heavy atom. The predicted octanol–water partition coefficient (Wildman–Crippen LogP) is 8.01. The minimum atomic E-state index is 0.752. The van der Waals surface area contributed by atoms with Gasteiger partial charge in [-0.05, 0) is 16.8 Å². The average Bonchev–Trinajstić information content (AvgIpc) is 2.78. The maximum Gasteiger partial charge on any atom is 0.0794 e. The lowest BCUT2D eigenvalue weighted by Crippen LogP contribution is -1.92. The molecule has 5 aromatic carbocycles. The van der Waals surface area contributed by atoms with Crippen LogP contribution in [0, 0.1) is 0 Å². The molecular formula is C27H16ClN. The molecule has 0 spiro atoms. The Balaban J connectivity index is 1.93. The SMILES string of the molecule is Clc1ccccc1-c1c2ccc3ccccc3c2nc2c1ccc1ccccc12. The number of nitrogens with zero attached hydrogens (tertiary/aromatic N) is 1. The number of benzene rings is 5. The van der Waals surface area contributed by atoms with E-state index in [0.29, 0.717) is 0 Å². The molecule has 0 radical (unpaired) electrons. The minimum absolute atomic E-state index is 0.752. The van der Waals surface area contributed by atoms with Crippen molar-refractivity contribution in [1.82, 2.24) is 4.98 Å². The summed E-state index contributed by atoms with van der Waals surface area (Å²) in [7, 11) is 0. The Morgan fingerprint density at radius 2 is 1.00 bits per heavy atom. The second-order valence-electron chi connectivity index (χ2n) is 7.33. The van der Waals surface area contributed by atoms with Crippen LogP contribution in [0.5, 0.6) is 0 Å². The smallest absolute Gasteiger partial charge is 0.0794 e. The van der Waals surface area contributed by atoms with Crippen LogP contribution < -0.4 is 0 Å². The van der Waals surface area contributed by atoms with E-state index in [9.17, 15) is 0 Å². The zero-order valence-corrected chi connectivity index (χ0v) is 16.3. The van der Waals surface area contributed by atoms with Gasteiger partial charge < -0.3 is 0 Å². The van der Waals surface area contributed by atoms with E-state index in [1.165, 1.54) is 10.8 Å². The van der Waals surface area contributed by atoms with Crippen molar-refractivity contribution in [1.29, 1.82) is 0 Å². The largest absolute Gasteiger partial charge is 0.246 e. The van der Waals surface area contributed by atoms with E-state index in [-0.39, 0.29) is 0 Å². The van der Waals surface area contributed by atoms with E-state index in [1.807, 2.05) is 18.2 Å². The summed E-state index contributed by atoms with van der Waals surface area (Å²) in [5, 5.41) is 7.71. The van der Waals surface area contributed by atoms with Gasteiger partial charge in [-0.2, -0.15) is 0 Å². The molecule has 0 aliphatic rings. The molecule has 1 heterocycles. The molecule has 0 N–H and O–H groups in total. The van der Waals surface area contributed by atoms with Crippen molar-refractivity contribution in [3.05, 3.63) is 102 Å². The number of halogens is 1. The minimum Gasteiger partial charge on any atom is -0.246 e. The summed E-state index contributed by atoms with van der Waals surface area (Å²) in [4.78, 5) is 5.21. The first-order chi connectivity index (χ1) is 14.3. The summed E-state index contributed by atoms with van der Waals surface area (Å²) in [5.41, 5.74) is 4.22. The molecule has 1 nitrogen and oxygen atoms in total. The molecule has 0 amide bonds. The standard InChI is InChI=1S/C27H16ClN/c28-24-12-6-5-11-21(24)25-22-15-13-17-7-1-3-9-19(17)26(22)29-27-20-10-4-2-8-18(20)14-16-23(25)27/h1-16H. The first-order valence-electron chi connectivity index (χ1n) is 9.69. The number of hydrogen-bond donors (Lipinski definition) is 0. The Labute approximate surface area is 173 Å². The molecule has 6 rings (SSSR count). The second-order valence-corrected chi connectivity index (χ2v) is 7.74. The van der Waals surface area contributed by atoms with Gasteiger partial charge in [-0.3, -0.25) is 0 Å². The Morgan fingerprint density at radius 1 is 0.483 bits per heavy atom. The Hall–Kier alpha value is -3.42. The van der Waals surface area contributed by atoms with Crippen molar-refractivity contribution in [2.45, 2.75) is 0 Å². The van der Waals surface area contributed by atoms with Crippen LogP contribution in [0.1, 0.15) is 0 Å². The third-order valence-corrected chi connectivity index (χ3v) is 6.04. The van der Waals surface area contributed by atoms with E-state index >= 15 is 0 Å². The molecule has 0 fully saturated rings. The van der Waals surface area contributed by atoms with Crippen molar-refractivity contribution in [3.63, 3.8) is 0 Å². The lowest BCUT2D eigenvalue weighted by atomic mass is 9.92. The van der Waals surface area contributed by atoms with E-state index in [4.69, 9.17) is 16.6 Å². The maximum absolute atomic E-state index is 6.68. The number of hydrogen-bond acceptors (Lipinski definition) is 1. The van der Waals surface area contributed by atoms with Gasteiger partial charge in [0.05, 0.1) is 11.0 Å². The summed E-state index contributed by atoms with van der Waals surface area (Å²) in [6.07, 6.45) is 0. The molecule has 6 aromatic rings. The molecule has 0 saturated heterocycles. The van der Waals surface area contributed by atoms with Crippen molar-refractivity contribution in [2.24, 2.45) is 0 Å². The molecule has 0 atom stereocenters. The van der Waals surface area contributed by atoms with Crippen LogP contribution >= 0.6 is 11.6 Å². The van der Waals surface area contributed by atoms with Crippen molar-refractivity contribution >= 4 is 55.0 Å². The van der Waals surface area contributed by atoms with Gasteiger partial charge in [-0.25, -0.2) is 4.98 Å². The van der Waals surface area contributed by atoms with Crippen molar-refractivity contribution in [3.8, 4) is 11.1 Å². The zero-order chi connectivity index (χ0) is 19.4. The molecule has 29 heavy (non-hydrogen) atoms. The first-order valence-corrected chi connectivity index (χ1v) is 10.1. The molecule has 0 aliphatic heterocycles. The van der Waals surface area contributed by atoms with Gasteiger partial charge in [-0.15, -0.1) is 0 Å². The molecule has 136 valence electrons. The summed E-state index contributed by atoms with van der Waals surface area (Å²) < 4.78 is 0. The summed E-state index contributed by atoms with van der Waals surface area (Å²) in [5.74, 6) is 0. The maximum atomic E-state index is 6.68. The fourth-order valence-corrected chi connectivity index (χ4v) is 4.60. The van der Waals surface area contributed by atoms with Crippen LogP contribution in [-0.2, 0) is 0 Å². The predicted molar refractivity (Wildman–Crippen MR) is 125 cm³/mol. The van der Waals surface area contributed by atoms with E-state index in [2.05, 4.69) is 78.9 Å². The fraction of sp³-hybridized carbons (Fsp3) is 0. The highest BCUT2D eigenvalue weighted by atomic mass is 35.5. The van der Waals surface area contributed by atoms with E-state index in [1.54, 1.807) is 0 Å². The molecule has 2 heteroatoms. The molecule has 0 aliphatic carbocycles. The molecule has 0 saturated carbocycles. The van der Waals surface area contributed by atoms with Crippen LogP contribution in [-0.4, -0.2) is 4.98 Å².